The predicted molar refractivity (Wildman–Crippen MR) is 367 cm³/mol. The molecule has 536 valence electrons. The second kappa shape index (κ2) is 62.4. The number of allylic oxidation sites excluding steroid dienone is 4. The third-order valence-electron chi connectivity index (χ3n) is 16.0. The SMILES string of the molecule is CCCCCC/C=C\C=C/CCCCCCCC(=O)O[C@H](COC(=O)CCCCCCCCCC(C)C)COP(=O)(O)OCC(O)COP(=O)(O)OC[C@@H](COC(=O)CCCCCCCCCCCCCCCC(C)C)OC(=O)CCCCCCCCCC(C)C. The van der Waals surface area contributed by atoms with Gasteiger partial charge < -0.3 is 33.8 Å². The zero-order valence-corrected chi connectivity index (χ0v) is 60.6. The Morgan fingerprint density at radius 1 is 0.341 bits per heavy atom. The molecular formula is C72H136O17P2. The molecule has 0 radical (unpaired) electrons. The molecule has 0 aromatic carbocycles. The fourth-order valence-electron chi connectivity index (χ4n) is 10.4. The molecule has 0 saturated carbocycles. The number of carbonyl (C=O) groups excluding carboxylic acids is 4. The van der Waals surface area contributed by atoms with Crippen molar-refractivity contribution in [3.63, 3.8) is 0 Å². The highest BCUT2D eigenvalue weighted by molar-refractivity contribution is 7.47. The van der Waals surface area contributed by atoms with E-state index in [4.69, 9.17) is 37.0 Å². The first-order valence-corrected chi connectivity index (χ1v) is 39.7. The van der Waals surface area contributed by atoms with Gasteiger partial charge in [0.05, 0.1) is 26.4 Å². The molecule has 91 heavy (non-hydrogen) atoms. The summed E-state index contributed by atoms with van der Waals surface area (Å²) in [7, 11) is -9.92. The fourth-order valence-corrected chi connectivity index (χ4v) is 11.9. The monoisotopic (exact) mass is 1330 g/mol. The van der Waals surface area contributed by atoms with Crippen LogP contribution in [0.1, 0.15) is 337 Å². The molecule has 0 aliphatic heterocycles. The lowest BCUT2D eigenvalue weighted by Gasteiger charge is -2.21. The van der Waals surface area contributed by atoms with E-state index >= 15 is 0 Å². The van der Waals surface area contributed by atoms with Crippen LogP contribution < -0.4 is 0 Å². The minimum atomic E-state index is -4.96. The molecule has 0 rings (SSSR count). The standard InChI is InChI=1S/C72H136O17P2/c1-8-9-10-11-12-13-14-15-16-19-23-26-33-41-48-55-71(76)88-67(60-83-70(75)54-47-40-34-27-30-37-44-51-64(4)5)61-86-90(78,79)84-57-66(73)58-85-91(80,81)87-62-68(89-72(77)56-49-42-35-28-31-38-45-52-65(6)7)59-82-69(74)53-46-39-32-25-22-20-17-18-21-24-29-36-43-50-63(2)3/h13-16,63-68,73H,8-12,17-62H2,1-7H3,(H,78,79)(H,80,81)/b14-13-,16-15-/t66?,67-,68-/m1/s1. The molecule has 3 N–H and O–H groups in total. The number of aliphatic hydroxyl groups is 1. The first kappa shape index (κ1) is 88.5. The summed E-state index contributed by atoms with van der Waals surface area (Å²) < 4.78 is 68.3. The second-order valence-corrected chi connectivity index (χ2v) is 29.6. The summed E-state index contributed by atoms with van der Waals surface area (Å²) >= 11 is 0. The molecule has 19 heteroatoms. The van der Waals surface area contributed by atoms with Gasteiger partial charge in [-0.3, -0.25) is 37.3 Å². The molecule has 0 fully saturated rings. The van der Waals surface area contributed by atoms with Gasteiger partial charge >= 0.3 is 39.5 Å². The van der Waals surface area contributed by atoms with E-state index in [1.54, 1.807) is 0 Å². The Morgan fingerprint density at radius 2 is 0.593 bits per heavy atom. The number of hydrogen-bond donors (Lipinski definition) is 3. The van der Waals surface area contributed by atoms with Crippen LogP contribution in [0, 0.1) is 17.8 Å². The summed E-state index contributed by atoms with van der Waals surface area (Å²) in [6.07, 6.45) is 49.6. The van der Waals surface area contributed by atoms with Gasteiger partial charge in [0, 0.05) is 25.7 Å². The van der Waals surface area contributed by atoms with Crippen LogP contribution in [0.5, 0.6) is 0 Å². The number of hydrogen-bond acceptors (Lipinski definition) is 15. The molecule has 0 aliphatic carbocycles. The minimum absolute atomic E-state index is 0.0837. The molecule has 0 amide bonds. The third-order valence-corrected chi connectivity index (χ3v) is 17.9. The van der Waals surface area contributed by atoms with Gasteiger partial charge in [-0.2, -0.15) is 0 Å². The molecule has 0 heterocycles. The summed E-state index contributed by atoms with van der Waals surface area (Å²) in [4.78, 5) is 72.5. The average molecular weight is 1340 g/mol. The Morgan fingerprint density at radius 3 is 0.890 bits per heavy atom. The lowest BCUT2D eigenvalue weighted by Crippen LogP contribution is -2.30. The molecule has 0 aliphatic rings. The molecule has 5 atom stereocenters. The summed E-state index contributed by atoms with van der Waals surface area (Å²) in [5.41, 5.74) is 0. The molecule has 17 nitrogen and oxygen atoms in total. The van der Waals surface area contributed by atoms with Crippen LogP contribution in [0.15, 0.2) is 24.3 Å². The average Bonchev–Trinajstić information content (AvgIpc) is 3.70. The normalized spacial score (nSPS) is 14.3. The molecule has 0 spiro atoms. The van der Waals surface area contributed by atoms with Gasteiger partial charge in [0.1, 0.15) is 19.3 Å². The van der Waals surface area contributed by atoms with Crippen LogP contribution in [0.2, 0.25) is 0 Å². The first-order chi connectivity index (χ1) is 43.7. The number of carbonyl (C=O) groups is 4. The molecule has 0 aromatic rings. The molecule has 3 unspecified atom stereocenters. The fraction of sp³-hybridized carbons (Fsp3) is 0.889. The van der Waals surface area contributed by atoms with Crippen molar-refractivity contribution in [2.75, 3.05) is 39.6 Å². The highest BCUT2D eigenvalue weighted by atomic mass is 31.2. The van der Waals surface area contributed by atoms with Gasteiger partial charge in [-0.1, -0.05) is 285 Å². The topological polar surface area (TPSA) is 237 Å². The van der Waals surface area contributed by atoms with Crippen LogP contribution >= 0.6 is 15.6 Å². The molecular weight excluding hydrogens is 1200 g/mol. The highest BCUT2D eigenvalue weighted by Crippen LogP contribution is 2.45. The van der Waals surface area contributed by atoms with Gasteiger partial charge in [0.25, 0.3) is 0 Å². The van der Waals surface area contributed by atoms with Crippen molar-refractivity contribution in [2.45, 2.75) is 356 Å². The van der Waals surface area contributed by atoms with Gasteiger partial charge in [-0.05, 0) is 69.1 Å². The number of phosphoric acid groups is 2. The number of esters is 4. The Bertz CT molecular complexity index is 1880. The zero-order valence-electron chi connectivity index (χ0n) is 58.8. The predicted octanol–water partition coefficient (Wildman–Crippen LogP) is 20.2. The van der Waals surface area contributed by atoms with E-state index in [2.05, 4.69) is 72.8 Å². The number of aliphatic hydroxyl groups excluding tert-OH is 1. The second-order valence-electron chi connectivity index (χ2n) is 26.7. The molecule has 0 saturated heterocycles. The third kappa shape index (κ3) is 66.0. The number of phosphoric ester groups is 2. The summed E-state index contributed by atoms with van der Waals surface area (Å²) in [5, 5.41) is 10.6. The summed E-state index contributed by atoms with van der Waals surface area (Å²) in [6, 6.07) is 0. The number of rotatable bonds is 68. The van der Waals surface area contributed by atoms with Gasteiger partial charge in [0.15, 0.2) is 12.2 Å². The van der Waals surface area contributed by atoms with E-state index in [0.717, 1.165) is 115 Å². The van der Waals surface area contributed by atoms with E-state index in [-0.39, 0.29) is 25.7 Å². The van der Waals surface area contributed by atoms with Crippen LogP contribution in [0.4, 0.5) is 0 Å². The number of unbranched alkanes of at least 4 members (excludes halogenated alkanes) is 33. The molecule has 0 aromatic heterocycles. The maximum absolute atomic E-state index is 13.0. The van der Waals surface area contributed by atoms with Crippen molar-refractivity contribution < 1.29 is 80.2 Å². The van der Waals surface area contributed by atoms with Crippen molar-refractivity contribution in [1.29, 1.82) is 0 Å². The van der Waals surface area contributed by atoms with Crippen molar-refractivity contribution in [1.82, 2.24) is 0 Å². The van der Waals surface area contributed by atoms with Crippen LogP contribution in [0.3, 0.4) is 0 Å². The van der Waals surface area contributed by atoms with Crippen LogP contribution in [-0.2, 0) is 65.4 Å². The number of ether oxygens (including phenoxy) is 4. The Hall–Kier alpha value is -2.46. The molecule has 0 bridgehead atoms. The maximum Gasteiger partial charge on any atom is 0.472 e. The minimum Gasteiger partial charge on any atom is -0.462 e. The summed E-state index contributed by atoms with van der Waals surface area (Å²) in [6.45, 7) is 11.7. The van der Waals surface area contributed by atoms with Gasteiger partial charge in [0.2, 0.25) is 0 Å². The van der Waals surface area contributed by atoms with Gasteiger partial charge in [-0.15, -0.1) is 0 Å². The lowest BCUT2D eigenvalue weighted by molar-refractivity contribution is -0.161. The van der Waals surface area contributed by atoms with Crippen molar-refractivity contribution >= 4 is 39.5 Å². The van der Waals surface area contributed by atoms with Crippen molar-refractivity contribution in [2.24, 2.45) is 17.8 Å². The Labute approximate surface area is 554 Å². The highest BCUT2D eigenvalue weighted by Gasteiger charge is 2.30. The van der Waals surface area contributed by atoms with E-state index in [1.807, 2.05) is 0 Å². The van der Waals surface area contributed by atoms with E-state index in [0.29, 0.717) is 37.5 Å². The Balaban J connectivity index is 5.25. The van der Waals surface area contributed by atoms with E-state index in [9.17, 15) is 43.2 Å². The first-order valence-electron chi connectivity index (χ1n) is 36.7. The smallest absolute Gasteiger partial charge is 0.462 e. The zero-order chi connectivity index (χ0) is 67.3. The van der Waals surface area contributed by atoms with E-state index in [1.165, 1.54) is 128 Å². The van der Waals surface area contributed by atoms with Crippen molar-refractivity contribution in [3.8, 4) is 0 Å². The van der Waals surface area contributed by atoms with Gasteiger partial charge in [-0.25, -0.2) is 9.13 Å². The van der Waals surface area contributed by atoms with E-state index < -0.39 is 97.5 Å². The van der Waals surface area contributed by atoms with Crippen LogP contribution in [-0.4, -0.2) is 96.7 Å². The summed E-state index contributed by atoms with van der Waals surface area (Å²) in [5.74, 6) is 0.0279. The largest absolute Gasteiger partial charge is 0.472 e. The maximum atomic E-state index is 13.0. The quantitative estimate of drug-likeness (QED) is 0.0169. The Kier molecular flexibility index (Phi) is 60.7. The van der Waals surface area contributed by atoms with Crippen LogP contribution in [0.25, 0.3) is 0 Å². The van der Waals surface area contributed by atoms with Crippen molar-refractivity contribution in [3.05, 3.63) is 24.3 Å². The lowest BCUT2D eigenvalue weighted by atomic mass is 10.0.